The van der Waals surface area contributed by atoms with Gasteiger partial charge in [-0.3, -0.25) is 11.3 Å². The molecule has 0 aliphatic carbocycles. The molecule has 1 aromatic rings. The molecule has 0 saturated heterocycles. The Morgan fingerprint density at radius 2 is 1.94 bits per heavy atom. The Bertz CT molecular complexity index is 334. The zero-order chi connectivity index (χ0) is 12.7. The van der Waals surface area contributed by atoms with Crippen molar-refractivity contribution in [3.05, 3.63) is 34.9 Å². The molecule has 1 rings (SSSR count). The number of nitrogens with two attached hydrogens (primary N) is 1. The molecule has 0 radical (unpaired) electrons. The second-order valence-corrected chi connectivity index (χ2v) is 4.86. The summed E-state index contributed by atoms with van der Waals surface area (Å²) >= 11 is 0. The quantitative estimate of drug-likeness (QED) is 0.428. The third-order valence-electron chi connectivity index (χ3n) is 3.57. The van der Waals surface area contributed by atoms with Gasteiger partial charge in [0, 0.05) is 6.04 Å². The van der Waals surface area contributed by atoms with Gasteiger partial charge >= 0.3 is 0 Å². The molecule has 0 spiro atoms. The van der Waals surface area contributed by atoms with Gasteiger partial charge in [0.1, 0.15) is 0 Å². The van der Waals surface area contributed by atoms with E-state index in [1.54, 1.807) is 0 Å². The van der Waals surface area contributed by atoms with Crippen LogP contribution in [0.25, 0.3) is 0 Å². The van der Waals surface area contributed by atoms with Crippen LogP contribution in [-0.4, -0.2) is 0 Å². The van der Waals surface area contributed by atoms with Crippen LogP contribution in [0.1, 0.15) is 61.8 Å². The summed E-state index contributed by atoms with van der Waals surface area (Å²) in [5.74, 6) is 5.69. The van der Waals surface area contributed by atoms with Crippen molar-refractivity contribution < 1.29 is 0 Å². The normalized spacial score (nSPS) is 12.7. The van der Waals surface area contributed by atoms with Crippen LogP contribution in [0.2, 0.25) is 0 Å². The molecular formula is C15H26N2. The Labute approximate surface area is 106 Å². The van der Waals surface area contributed by atoms with Gasteiger partial charge in [0.2, 0.25) is 0 Å². The fourth-order valence-electron chi connectivity index (χ4n) is 2.26. The van der Waals surface area contributed by atoms with Crippen molar-refractivity contribution in [2.24, 2.45) is 5.84 Å². The first-order valence-electron chi connectivity index (χ1n) is 6.73. The minimum Gasteiger partial charge on any atom is -0.271 e. The van der Waals surface area contributed by atoms with Gasteiger partial charge in [0.05, 0.1) is 0 Å². The summed E-state index contributed by atoms with van der Waals surface area (Å²) in [6.07, 6.45) is 6.28. The lowest BCUT2D eigenvalue weighted by Crippen LogP contribution is -2.28. The molecule has 96 valence electrons. The zero-order valence-corrected chi connectivity index (χ0v) is 11.4. The summed E-state index contributed by atoms with van der Waals surface area (Å²) in [6, 6.07) is 6.76. The summed E-state index contributed by atoms with van der Waals surface area (Å²) in [5, 5.41) is 0. The second-order valence-electron chi connectivity index (χ2n) is 4.86. The fraction of sp³-hybridized carbons (Fsp3) is 0.600. The van der Waals surface area contributed by atoms with Gasteiger partial charge in [-0.25, -0.2) is 0 Å². The molecule has 2 heteroatoms. The molecule has 1 atom stereocenters. The van der Waals surface area contributed by atoms with E-state index in [-0.39, 0.29) is 0 Å². The van der Waals surface area contributed by atoms with Crippen LogP contribution in [-0.2, 0) is 0 Å². The molecule has 0 heterocycles. The second kappa shape index (κ2) is 7.46. The Morgan fingerprint density at radius 3 is 2.59 bits per heavy atom. The molecule has 0 bridgehead atoms. The van der Waals surface area contributed by atoms with Crippen molar-refractivity contribution in [3.8, 4) is 0 Å². The van der Waals surface area contributed by atoms with Crippen LogP contribution < -0.4 is 11.3 Å². The summed E-state index contributed by atoms with van der Waals surface area (Å²) in [7, 11) is 0. The number of hydrogen-bond acceptors (Lipinski definition) is 2. The predicted molar refractivity (Wildman–Crippen MR) is 74.7 cm³/mol. The number of unbranched alkanes of at least 4 members (excludes halogenated alkanes) is 3. The molecule has 0 amide bonds. The summed E-state index contributed by atoms with van der Waals surface area (Å²) in [5.41, 5.74) is 7.02. The van der Waals surface area contributed by atoms with Crippen molar-refractivity contribution in [3.63, 3.8) is 0 Å². The van der Waals surface area contributed by atoms with Gasteiger partial charge in [-0.2, -0.15) is 0 Å². The first kappa shape index (κ1) is 14.2. The third kappa shape index (κ3) is 4.14. The minimum absolute atomic E-state index is 0.298. The molecular weight excluding hydrogens is 208 g/mol. The minimum atomic E-state index is 0.298. The third-order valence-corrected chi connectivity index (χ3v) is 3.57. The lowest BCUT2D eigenvalue weighted by molar-refractivity contribution is 0.480. The van der Waals surface area contributed by atoms with Gasteiger partial charge in [-0.15, -0.1) is 0 Å². The highest BCUT2D eigenvalue weighted by Crippen LogP contribution is 2.24. The maximum atomic E-state index is 5.69. The van der Waals surface area contributed by atoms with Crippen LogP contribution in [0.4, 0.5) is 0 Å². The van der Waals surface area contributed by atoms with Crippen molar-refractivity contribution in [2.75, 3.05) is 0 Å². The number of nitrogens with one attached hydrogen (secondary N) is 1. The van der Waals surface area contributed by atoms with Crippen LogP contribution in [0, 0.1) is 13.8 Å². The van der Waals surface area contributed by atoms with Crippen LogP contribution in [0.5, 0.6) is 0 Å². The monoisotopic (exact) mass is 234 g/mol. The van der Waals surface area contributed by atoms with Gasteiger partial charge in [0.15, 0.2) is 0 Å². The average Bonchev–Trinajstić information content (AvgIpc) is 2.34. The molecule has 1 unspecified atom stereocenters. The first-order chi connectivity index (χ1) is 8.20. The van der Waals surface area contributed by atoms with Crippen molar-refractivity contribution >= 4 is 0 Å². The molecule has 0 fully saturated rings. The Hall–Kier alpha value is -0.860. The van der Waals surface area contributed by atoms with Crippen LogP contribution in [0.15, 0.2) is 18.2 Å². The molecule has 0 aliphatic heterocycles. The van der Waals surface area contributed by atoms with Crippen LogP contribution >= 0.6 is 0 Å². The number of aryl methyl sites for hydroxylation is 1. The first-order valence-corrected chi connectivity index (χ1v) is 6.73. The topological polar surface area (TPSA) is 38.0 Å². The highest BCUT2D eigenvalue weighted by molar-refractivity contribution is 5.35. The molecule has 2 nitrogen and oxygen atoms in total. The molecule has 17 heavy (non-hydrogen) atoms. The van der Waals surface area contributed by atoms with Gasteiger partial charge in [0.25, 0.3) is 0 Å². The predicted octanol–water partition coefficient (Wildman–Crippen LogP) is 3.78. The Balaban J connectivity index is 2.63. The lowest BCUT2D eigenvalue weighted by atomic mass is 9.94. The number of hydrazine groups is 1. The maximum absolute atomic E-state index is 5.69. The van der Waals surface area contributed by atoms with Crippen molar-refractivity contribution in [2.45, 2.75) is 58.9 Å². The molecule has 1 aromatic carbocycles. The van der Waals surface area contributed by atoms with E-state index in [0.29, 0.717) is 6.04 Å². The van der Waals surface area contributed by atoms with E-state index >= 15 is 0 Å². The van der Waals surface area contributed by atoms with Crippen molar-refractivity contribution in [1.82, 2.24) is 5.43 Å². The number of benzene rings is 1. The molecule has 0 saturated carbocycles. The molecule has 0 aliphatic rings. The van der Waals surface area contributed by atoms with Gasteiger partial charge in [-0.05, 0) is 37.0 Å². The number of hydrogen-bond donors (Lipinski definition) is 2. The van der Waals surface area contributed by atoms with E-state index in [4.69, 9.17) is 5.84 Å². The standard InChI is InChI=1S/C15H26N2/c1-4-5-6-7-11-15(17-16)14-10-8-9-12(2)13(14)3/h8-10,15,17H,4-7,11,16H2,1-3H3. The highest BCUT2D eigenvalue weighted by Gasteiger charge is 2.12. The summed E-state index contributed by atoms with van der Waals surface area (Å²) in [4.78, 5) is 0. The van der Waals surface area contributed by atoms with Gasteiger partial charge in [-0.1, -0.05) is 50.8 Å². The highest BCUT2D eigenvalue weighted by atomic mass is 15.2. The van der Waals surface area contributed by atoms with E-state index in [9.17, 15) is 0 Å². The maximum Gasteiger partial charge on any atom is 0.0462 e. The molecule has 0 aromatic heterocycles. The molecule has 3 N–H and O–H groups in total. The largest absolute Gasteiger partial charge is 0.271 e. The Morgan fingerprint density at radius 1 is 1.18 bits per heavy atom. The van der Waals surface area contributed by atoms with Crippen molar-refractivity contribution in [1.29, 1.82) is 0 Å². The smallest absolute Gasteiger partial charge is 0.0462 e. The van der Waals surface area contributed by atoms with E-state index in [1.807, 2.05) is 0 Å². The van der Waals surface area contributed by atoms with E-state index < -0.39 is 0 Å². The number of rotatable bonds is 7. The summed E-state index contributed by atoms with van der Waals surface area (Å²) in [6.45, 7) is 6.58. The lowest BCUT2D eigenvalue weighted by Gasteiger charge is -2.19. The van der Waals surface area contributed by atoms with Gasteiger partial charge < -0.3 is 0 Å². The Kier molecular flexibility index (Phi) is 6.23. The van der Waals surface area contributed by atoms with E-state index in [1.165, 1.54) is 42.4 Å². The summed E-state index contributed by atoms with van der Waals surface area (Å²) < 4.78 is 0. The van der Waals surface area contributed by atoms with E-state index in [0.717, 1.165) is 6.42 Å². The average molecular weight is 234 g/mol. The SMILES string of the molecule is CCCCCCC(NN)c1cccc(C)c1C. The van der Waals surface area contributed by atoms with E-state index in [2.05, 4.69) is 44.4 Å². The fourth-order valence-corrected chi connectivity index (χ4v) is 2.26. The van der Waals surface area contributed by atoms with Crippen LogP contribution in [0.3, 0.4) is 0 Å². The zero-order valence-electron chi connectivity index (χ0n) is 11.4.